The van der Waals surface area contributed by atoms with Gasteiger partial charge in [-0.25, -0.2) is 12.8 Å². The van der Waals surface area contributed by atoms with Gasteiger partial charge in [0.1, 0.15) is 10.7 Å². The van der Waals surface area contributed by atoms with Crippen molar-refractivity contribution in [2.75, 3.05) is 0 Å². The van der Waals surface area contributed by atoms with Crippen molar-refractivity contribution in [3.63, 3.8) is 0 Å². The Labute approximate surface area is 210 Å². The normalized spacial score (nSPS) is 16.9. The monoisotopic (exact) mass is 545 g/mol. The first kappa shape index (κ1) is 24.3. The Kier molecular flexibility index (Phi) is 7.19. The van der Waals surface area contributed by atoms with Gasteiger partial charge in [0, 0.05) is 26.5 Å². The van der Waals surface area contributed by atoms with Crippen LogP contribution >= 0.6 is 46.4 Å². The lowest BCUT2D eigenvalue weighted by Crippen LogP contribution is -2.34. The third-order valence-electron chi connectivity index (χ3n) is 5.11. The van der Waals surface area contributed by atoms with E-state index in [-0.39, 0.29) is 16.1 Å². The highest BCUT2D eigenvalue weighted by atomic mass is 35.5. The maximum absolute atomic E-state index is 14.4. The number of sulfonamides is 1. The molecule has 0 amide bonds. The van der Waals surface area contributed by atoms with Gasteiger partial charge < -0.3 is 5.43 Å². The van der Waals surface area contributed by atoms with E-state index in [2.05, 4.69) is 15.2 Å². The summed E-state index contributed by atoms with van der Waals surface area (Å²) >= 11 is 24.3. The number of rotatable bonds is 6. The van der Waals surface area contributed by atoms with E-state index in [1.807, 2.05) is 12.1 Å². The van der Waals surface area contributed by atoms with Crippen molar-refractivity contribution in [2.45, 2.75) is 23.4 Å². The molecule has 0 aliphatic carbocycles. The fourth-order valence-corrected chi connectivity index (χ4v) is 5.67. The fraction of sp³-hybridized carbons (Fsp3) is 0.136. The van der Waals surface area contributed by atoms with Gasteiger partial charge in [0.25, 0.3) is 0 Å². The van der Waals surface area contributed by atoms with E-state index in [1.165, 1.54) is 12.1 Å². The van der Waals surface area contributed by atoms with Gasteiger partial charge in [-0.1, -0.05) is 64.6 Å². The van der Waals surface area contributed by atoms with Crippen LogP contribution < -0.4 is 10.1 Å². The lowest BCUT2D eigenvalue weighted by Gasteiger charge is -2.21. The summed E-state index contributed by atoms with van der Waals surface area (Å²) < 4.78 is 43.2. The van der Waals surface area contributed by atoms with Gasteiger partial charge in [-0.2, -0.15) is 9.82 Å². The highest BCUT2D eigenvalue weighted by Gasteiger charge is 2.33. The molecule has 0 radical (unpaired) electrons. The van der Waals surface area contributed by atoms with Crippen LogP contribution in [0.5, 0.6) is 0 Å². The molecule has 1 aliphatic heterocycles. The number of hydrogen-bond donors (Lipinski definition) is 2. The van der Waals surface area contributed by atoms with Crippen LogP contribution in [0.3, 0.4) is 0 Å². The third-order valence-corrected chi connectivity index (χ3v) is 7.60. The maximum Gasteiger partial charge on any atom is 0.244 e. The predicted molar refractivity (Wildman–Crippen MR) is 130 cm³/mol. The molecule has 0 bridgehead atoms. The lowest BCUT2D eigenvalue weighted by molar-refractivity contribution is 0.553. The molecule has 2 atom stereocenters. The minimum atomic E-state index is -4.34. The molecule has 0 saturated carbocycles. The SMILES string of the molecule is O=S(=O)(N[C@@H](C1=NNC(c2ccc(Cl)cc2)C1)c1ccc(Cl)cc1Cl)c1cc(Cl)ccc1F. The van der Waals surface area contributed by atoms with Gasteiger partial charge in [0.2, 0.25) is 10.0 Å². The summed E-state index contributed by atoms with van der Waals surface area (Å²) in [4.78, 5) is -0.578. The van der Waals surface area contributed by atoms with Crippen molar-refractivity contribution >= 4 is 62.1 Å². The van der Waals surface area contributed by atoms with E-state index in [0.29, 0.717) is 27.7 Å². The van der Waals surface area contributed by atoms with E-state index < -0.39 is 26.8 Å². The van der Waals surface area contributed by atoms with Gasteiger partial charge in [-0.05, 0) is 53.6 Å². The average molecular weight is 547 g/mol. The summed E-state index contributed by atoms with van der Waals surface area (Å²) in [6.45, 7) is 0. The third kappa shape index (κ3) is 5.45. The van der Waals surface area contributed by atoms with Crippen molar-refractivity contribution in [1.82, 2.24) is 10.1 Å². The molecule has 1 heterocycles. The number of hydrazone groups is 1. The average Bonchev–Trinajstić information content (AvgIpc) is 3.25. The Morgan fingerprint density at radius 2 is 1.58 bits per heavy atom. The largest absolute Gasteiger partial charge is 0.302 e. The van der Waals surface area contributed by atoms with E-state index in [1.54, 1.807) is 24.3 Å². The van der Waals surface area contributed by atoms with Crippen molar-refractivity contribution < 1.29 is 12.8 Å². The summed E-state index contributed by atoms with van der Waals surface area (Å²) in [7, 11) is -4.34. The summed E-state index contributed by atoms with van der Waals surface area (Å²) in [5.74, 6) is -0.932. The Hall–Kier alpha value is -1.87. The number of nitrogens with zero attached hydrogens (tertiary/aromatic N) is 1. The Morgan fingerprint density at radius 3 is 2.27 bits per heavy atom. The summed E-state index contributed by atoms with van der Waals surface area (Å²) in [5.41, 5.74) is 4.82. The van der Waals surface area contributed by atoms with Crippen molar-refractivity contribution in [3.05, 3.63) is 97.7 Å². The quantitative estimate of drug-likeness (QED) is 0.368. The number of hydrogen-bond acceptors (Lipinski definition) is 4. The first-order valence-electron chi connectivity index (χ1n) is 9.64. The second-order valence-corrected chi connectivity index (χ2v) is 10.7. The minimum Gasteiger partial charge on any atom is -0.302 e. The fourth-order valence-electron chi connectivity index (χ4n) is 3.48. The minimum absolute atomic E-state index is 0.0838. The van der Waals surface area contributed by atoms with Gasteiger partial charge in [0.15, 0.2) is 0 Å². The molecule has 3 aromatic carbocycles. The second kappa shape index (κ2) is 9.78. The van der Waals surface area contributed by atoms with Crippen molar-refractivity contribution in [2.24, 2.45) is 5.10 Å². The number of halogens is 5. The van der Waals surface area contributed by atoms with Gasteiger partial charge in [0.05, 0.1) is 17.8 Å². The lowest BCUT2D eigenvalue weighted by atomic mass is 9.96. The summed E-state index contributed by atoms with van der Waals surface area (Å²) in [6.07, 6.45) is 0.367. The topological polar surface area (TPSA) is 70.6 Å². The molecule has 3 aromatic rings. The highest BCUT2D eigenvalue weighted by molar-refractivity contribution is 7.89. The van der Waals surface area contributed by atoms with E-state index in [0.717, 1.165) is 17.7 Å². The molecule has 0 spiro atoms. The smallest absolute Gasteiger partial charge is 0.244 e. The number of benzene rings is 3. The zero-order valence-electron chi connectivity index (χ0n) is 16.7. The molecule has 2 N–H and O–H groups in total. The molecule has 1 unspecified atom stereocenters. The van der Waals surface area contributed by atoms with Crippen LogP contribution in [-0.2, 0) is 10.0 Å². The van der Waals surface area contributed by atoms with Crippen molar-refractivity contribution in [1.29, 1.82) is 0 Å². The zero-order chi connectivity index (χ0) is 23.8. The first-order chi connectivity index (χ1) is 15.6. The number of nitrogens with one attached hydrogen (secondary N) is 2. The van der Waals surface area contributed by atoms with Gasteiger partial charge in [-0.3, -0.25) is 0 Å². The molecule has 172 valence electrons. The molecular formula is C22H16Cl4FN3O2S. The van der Waals surface area contributed by atoms with Crippen LogP contribution in [0.25, 0.3) is 0 Å². The molecule has 5 nitrogen and oxygen atoms in total. The maximum atomic E-state index is 14.4. The standard InChI is InChI=1S/C22H16Cl4FN3O2S/c23-13-3-1-12(2-4-13)19-11-20(29-28-19)22(16-7-5-14(24)9-17(16)26)30-33(31,32)21-10-15(25)6-8-18(21)27/h1-10,19,22,28,30H,11H2/t19?,22-/m1/s1. The van der Waals surface area contributed by atoms with Crippen LogP contribution in [0.15, 0.2) is 70.7 Å². The Morgan fingerprint density at radius 1 is 0.939 bits per heavy atom. The second-order valence-electron chi connectivity index (χ2n) is 7.34. The van der Waals surface area contributed by atoms with Crippen molar-refractivity contribution in [3.8, 4) is 0 Å². The van der Waals surface area contributed by atoms with Crippen LogP contribution in [0.2, 0.25) is 20.1 Å². The predicted octanol–water partition coefficient (Wildman–Crippen LogP) is 6.55. The van der Waals surface area contributed by atoms with Gasteiger partial charge >= 0.3 is 0 Å². The van der Waals surface area contributed by atoms with Crippen LogP contribution in [0.1, 0.15) is 29.6 Å². The Bertz CT molecular complexity index is 1330. The molecule has 1 aliphatic rings. The molecule has 0 fully saturated rings. The molecule has 4 rings (SSSR count). The van der Waals surface area contributed by atoms with Crippen LogP contribution in [0, 0.1) is 5.82 Å². The van der Waals surface area contributed by atoms with E-state index in [9.17, 15) is 12.8 Å². The molecular weight excluding hydrogens is 531 g/mol. The molecule has 11 heteroatoms. The highest BCUT2D eigenvalue weighted by Crippen LogP contribution is 2.34. The van der Waals surface area contributed by atoms with Gasteiger partial charge in [-0.15, -0.1) is 0 Å². The molecule has 33 heavy (non-hydrogen) atoms. The Balaban J connectivity index is 1.70. The summed E-state index contributed by atoms with van der Waals surface area (Å²) in [6, 6.07) is 14.0. The summed E-state index contributed by atoms with van der Waals surface area (Å²) in [5, 5.41) is 5.67. The molecule has 0 saturated heterocycles. The van der Waals surface area contributed by atoms with E-state index in [4.69, 9.17) is 46.4 Å². The van der Waals surface area contributed by atoms with E-state index >= 15 is 0 Å². The van der Waals surface area contributed by atoms with Crippen LogP contribution in [-0.4, -0.2) is 14.1 Å². The first-order valence-corrected chi connectivity index (χ1v) is 12.6. The zero-order valence-corrected chi connectivity index (χ0v) is 20.5. The molecule has 0 aromatic heterocycles. The van der Waals surface area contributed by atoms with Crippen LogP contribution in [0.4, 0.5) is 4.39 Å².